The van der Waals surface area contributed by atoms with Gasteiger partial charge < -0.3 is 15.5 Å². The van der Waals surface area contributed by atoms with Gasteiger partial charge in [-0.2, -0.15) is 0 Å². The van der Waals surface area contributed by atoms with E-state index >= 15 is 0 Å². The van der Waals surface area contributed by atoms with Crippen LogP contribution in [0.1, 0.15) is 5.69 Å². The molecule has 4 heteroatoms. The van der Waals surface area contributed by atoms with Gasteiger partial charge in [0.2, 0.25) is 0 Å². The van der Waals surface area contributed by atoms with Gasteiger partial charge in [-0.25, -0.2) is 0 Å². The summed E-state index contributed by atoms with van der Waals surface area (Å²) in [5.41, 5.74) is 7.73. The minimum atomic E-state index is 0.489. The smallest absolute Gasteiger partial charge is 0.0772 e. The molecule has 0 amide bonds. The minimum Gasteiger partial charge on any atom is -0.372 e. The van der Waals surface area contributed by atoms with E-state index in [1.165, 1.54) is 0 Å². The van der Waals surface area contributed by atoms with Gasteiger partial charge in [0.05, 0.1) is 11.4 Å². The Morgan fingerprint density at radius 1 is 1.27 bits per heavy atom. The molecular weight excluding hydrogens is 188 g/mol. The van der Waals surface area contributed by atoms with Gasteiger partial charge in [0.15, 0.2) is 0 Å². The number of hydrogen-bond donors (Lipinski definition) is 1. The van der Waals surface area contributed by atoms with Crippen LogP contribution in [0.4, 0.5) is 5.69 Å². The Hall–Kier alpha value is -1.13. The van der Waals surface area contributed by atoms with Crippen molar-refractivity contribution in [1.82, 2.24) is 9.88 Å². The van der Waals surface area contributed by atoms with E-state index in [2.05, 4.69) is 42.0 Å². The fraction of sp³-hybridized carbons (Fsp3) is 0.545. The van der Waals surface area contributed by atoms with Crippen LogP contribution in [0.5, 0.6) is 0 Å². The summed E-state index contributed by atoms with van der Waals surface area (Å²) in [6.45, 7) is 2.49. The lowest BCUT2D eigenvalue weighted by molar-refractivity contribution is 0.416. The Labute approximate surface area is 91.7 Å². The predicted octanol–water partition coefficient (Wildman–Crippen LogP) is 0.538. The number of aromatic nitrogens is 1. The Balaban J connectivity index is 2.68. The summed E-state index contributed by atoms with van der Waals surface area (Å²) < 4.78 is 0. The van der Waals surface area contributed by atoms with Crippen molar-refractivity contribution in [1.29, 1.82) is 0 Å². The third-order valence-electron chi connectivity index (χ3n) is 2.35. The highest BCUT2D eigenvalue weighted by molar-refractivity contribution is 5.49. The number of likely N-dealkylation sites (N-methyl/N-ethyl adjacent to an activating group) is 2. The van der Waals surface area contributed by atoms with Gasteiger partial charge >= 0.3 is 0 Å². The first-order valence-electron chi connectivity index (χ1n) is 5.15. The number of pyridine rings is 1. The van der Waals surface area contributed by atoms with Gasteiger partial charge in [-0.05, 0) is 26.2 Å². The number of hydrogen-bond acceptors (Lipinski definition) is 4. The molecule has 4 nitrogen and oxygen atoms in total. The molecule has 0 aliphatic rings. The molecular formula is C11H20N4. The highest BCUT2D eigenvalue weighted by Crippen LogP contribution is 2.15. The second-order valence-electron chi connectivity index (χ2n) is 3.90. The van der Waals surface area contributed by atoms with E-state index in [4.69, 9.17) is 5.73 Å². The first kappa shape index (κ1) is 11.9. The normalized spacial score (nSPS) is 10.7. The molecule has 0 unspecified atom stereocenters. The van der Waals surface area contributed by atoms with Crippen LogP contribution in [0.25, 0.3) is 0 Å². The van der Waals surface area contributed by atoms with E-state index in [0.29, 0.717) is 6.54 Å². The fourth-order valence-corrected chi connectivity index (χ4v) is 1.40. The summed E-state index contributed by atoms with van der Waals surface area (Å²) in [4.78, 5) is 8.62. The maximum Gasteiger partial charge on any atom is 0.0772 e. The van der Waals surface area contributed by atoms with Gasteiger partial charge in [-0.1, -0.05) is 0 Å². The lowest BCUT2D eigenvalue weighted by atomic mass is 10.2. The van der Waals surface area contributed by atoms with Crippen molar-refractivity contribution in [2.24, 2.45) is 5.73 Å². The molecule has 1 heterocycles. The topological polar surface area (TPSA) is 45.4 Å². The molecule has 0 radical (unpaired) electrons. The summed E-state index contributed by atoms with van der Waals surface area (Å²) in [6.07, 6.45) is 1.78. The van der Waals surface area contributed by atoms with Crippen molar-refractivity contribution >= 4 is 5.69 Å². The summed E-state index contributed by atoms with van der Waals surface area (Å²) in [6, 6.07) is 4.01. The van der Waals surface area contributed by atoms with E-state index < -0.39 is 0 Å². The van der Waals surface area contributed by atoms with Crippen LogP contribution in [0, 0.1) is 0 Å². The van der Waals surface area contributed by atoms with Crippen molar-refractivity contribution < 1.29 is 0 Å². The van der Waals surface area contributed by atoms with Gasteiger partial charge in [-0.15, -0.1) is 0 Å². The quantitative estimate of drug-likeness (QED) is 0.767. The van der Waals surface area contributed by atoms with Gasteiger partial charge in [-0.3, -0.25) is 4.98 Å². The number of nitrogens with two attached hydrogens (primary N) is 1. The Bertz CT molecular complexity index is 298. The lowest BCUT2D eigenvalue weighted by Gasteiger charge is -2.23. The first-order chi connectivity index (χ1) is 7.15. The largest absolute Gasteiger partial charge is 0.372 e. The average Bonchev–Trinajstić information content (AvgIpc) is 2.25. The maximum absolute atomic E-state index is 5.64. The summed E-state index contributed by atoms with van der Waals surface area (Å²) in [5.74, 6) is 0. The molecule has 1 aromatic rings. The second kappa shape index (κ2) is 5.68. The first-order valence-corrected chi connectivity index (χ1v) is 5.15. The van der Waals surface area contributed by atoms with Crippen LogP contribution in [-0.4, -0.2) is 44.1 Å². The zero-order valence-corrected chi connectivity index (χ0v) is 9.77. The average molecular weight is 208 g/mol. The maximum atomic E-state index is 5.64. The molecule has 0 saturated carbocycles. The van der Waals surface area contributed by atoms with Crippen molar-refractivity contribution in [2.45, 2.75) is 6.54 Å². The summed E-state index contributed by atoms with van der Waals surface area (Å²) >= 11 is 0. The van der Waals surface area contributed by atoms with Crippen LogP contribution >= 0.6 is 0 Å². The molecule has 0 saturated heterocycles. The third-order valence-corrected chi connectivity index (χ3v) is 2.35. The molecule has 1 aromatic heterocycles. The molecule has 0 aliphatic carbocycles. The molecule has 0 spiro atoms. The molecule has 0 fully saturated rings. The van der Waals surface area contributed by atoms with Crippen LogP contribution in [0.3, 0.4) is 0 Å². The molecule has 2 N–H and O–H groups in total. The van der Waals surface area contributed by atoms with Crippen LogP contribution in [-0.2, 0) is 6.54 Å². The Kier molecular flexibility index (Phi) is 4.52. The van der Waals surface area contributed by atoms with Crippen LogP contribution < -0.4 is 10.6 Å². The predicted molar refractivity (Wildman–Crippen MR) is 64.0 cm³/mol. The Morgan fingerprint density at radius 2 is 2.00 bits per heavy atom. The van der Waals surface area contributed by atoms with Crippen LogP contribution in [0.2, 0.25) is 0 Å². The lowest BCUT2D eigenvalue weighted by Crippen LogP contribution is -2.29. The third kappa shape index (κ3) is 3.49. The zero-order chi connectivity index (χ0) is 11.3. The summed E-state index contributed by atoms with van der Waals surface area (Å²) in [7, 11) is 6.21. The molecule has 1 rings (SSSR count). The minimum absolute atomic E-state index is 0.489. The van der Waals surface area contributed by atoms with E-state index in [1.807, 2.05) is 6.07 Å². The molecule has 0 aromatic carbocycles. The number of nitrogens with zero attached hydrogens (tertiary/aromatic N) is 3. The van der Waals surface area contributed by atoms with Gasteiger partial charge in [0, 0.05) is 32.9 Å². The van der Waals surface area contributed by atoms with Crippen LogP contribution in [0.15, 0.2) is 18.3 Å². The summed E-state index contributed by atoms with van der Waals surface area (Å²) in [5, 5.41) is 0. The van der Waals surface area contributed by atoms with Gasteiger partial charge in [0.1, 0.15) is 0 Å². The Morgan fingerprint density at radius 3 is 2.60 bits per heavy atom. The van der Waals surface area contributed by atoms with E-state index in [1.54, 1.807) is 6.20 Å². The van der Waals surface area contributed by atoms with E-state index in [0.717, 1.165) is 24.5 Å². The molecule has 0 bridgehead atoms. The van der Waals surface area contributed by atoms with Crippen molar-refractivity contribution in [3.05, 3.63) is 24.0 Å². The highest BCUT2D eigenvalue weighted by Gasteiger charge is 2.06. The number of rotatable bonds is 5. The second-order valence-corrected chi connectivity index (χ2v) is 3.90. The molecule has 15 heavy (non-hydrogen) atoms. The zero-order valence-electron chi connectivity index (χ0n) is 9.77. The SMILES string of the molecule is CN(C)CCN(C)c1cccnc1CN. The highest BCUT2D eigenvalue weighted by atomic mass is 15.2. The number of anilines is 1. The van der Waals surface area contributed by atoms with Crippen molar-refractivity contribution in [3.63, 3.8) is 0 Å². The fourth-order valence-electron chi connectivity index (χ4n) is 1.40. The molecule has 84 valence electrons. The molecule has 0 aliphatic heterocycles. The van der Waals surface area contributed by atoms with E-state index in [-0.39, 0.29) is 0 Å². The monoisotopic (exact) mass is 208 g/mol. The van der Waals surface area contributed by atoms with E-state index in [9.17, 15) is 0 Å². The van der Waals surface area contributed by atoms with Crippen molar-refractivity contribution in [2.75, 3.05) is 39.1 Å². The molecule has 0 atom stereocenters. The van der Waals surface area contributed by atoms with Gasteiger partial charge in [0.25, 0.3) is 0 Å². The standard InChI is InChI=1S/C11H20N4/c1-14(2)7-8-15(3)11-5-4-6-13-10(11)9-12/h4-6H,7-9,12H2,1-3H3. The van der Waals surface area contributed by atoms with Crippen molar-refractivity contribution in [3.8, 4) is 0 Å².